The number of aliphatic hydroxyl groups is 1. The molecule has 1 N–H and O–H groups in total. The molecule has 1 aromatic carbocycles. The third kappa shape index (κ3) is 1.96. The van der Waals surface area contributed by atoms with Crippen LogP contribution >= 0.6 is 15.9 Å². The van der Waals surface area contributed by atoms with Gasteiger partial charge >= 0.3 is 5.97 Å². The number of fused-ring (bicyclic) bond motifs is 1. The summed E-state index contributed by atoms with van der Waals surface area (Å²) < 4.78 is 5.40. The summed E-state index contributed by atoms with van der Waals surface area (Å²) in [4.78, 5) is 11.0. The number of benzene rings is 1. The molecule has 1 atom stereocenters. The average molecular weight is 259 g/mol. The predicted octanol–water partition coefficient (Wildman–Crippen LogP) is 2.64. The number of rotatable bonds is 0. The van der Waals surface area contributed by atoms with Crippen molar-refractivity contribution in [3.8, 4) is 0 Å². The Morgan fingerprint density at radius 1 is 1.43 bits per heavy atom. The Morgan fingerprint density at radius 2 is 2.07 bits per heavy atom. The molecule has 1 aliphatic rings. The predicted molar refractivity (Wildman–Crippen MR) is 55.9 cm³/mol. The highest BCUT2D eigenvalue weighted by Crippen LogP contribution is 2.30. The molecule has 0 amide bonds. The third-order valence-corrected chi connectivity index (χ3v) is 2.21. The molecule has 0 aliphatic carbocycles. The lowest BCUT2D eigenvalue weighted by atomic mass is 10.1. The van der Waals surface area contributed by atoms with Crippen LogP contribution in [-0.4, -0.2) is 11.1 Å². The van der Waals surface area contributed by atoms with Gasteiger partial charge in [0.1, 0.15) is 0 Å². The molecule has 4 heteroatoms. The van der Waals surface area contributed by atoms with Crippen LogP contribution in [0.15, 0.2) is 22.7 Å². The van der Waals surface area contributed by atoms with Crippen LogP contribution in [0.1, 0.15) is 36.1 Å². The van der Waals surface area contributed by atoms with Crippen molar-refractivity contribution in [2.24, 2.45) is 0 Å². The van der Waals surface area contributed by atoms with E-state index in [1.807, 2.05) is 13.8 Å². The normalized spacial score (nSPS) is 18.0. The first kappa shape index (κ1) is 11.2. The number of carbonyl (C=O) groups is 1. The molecule has 76 valence electrons. The largest absolute Gasteiger partial charge is 0.428 e. The fourth-order valence-corrected chi connectivity index (χ4v) is 1.53. The first-order valence-electron chi connectivity index (χ1n) is 4.37. The average Bonchev–Trinajstić information content (AvgIpc) is 2.46. The standard InChI is InChI=1S/C8H5BrO3.C2H6/c9-4-1-2-5-6(3-4)8(11)12-7(5)10;1-2/h1-3,8,11H;1-2H3. The molecule has 0 spiro atoms. The SMILES string of the molecule is CC.O=C1OC(O)c2cc(Br)ccc21. The summed E-state index contributed by atoms with van der Waals surface area (Å²) in [6.45, 7) is 4.00. The van der Waals surface area contributed by atoms with Gasteiger partial charge in [-0.1, -0.05) is 29.8 Å². The number of hydrogen-bond acceptors (Lipinski definition) is 3. The van der Waals surface area contributed by atoms with Crippen LogP contribution in [0.3, 0.4) is 0 Å². The number of esters is 1. The second-order valence-electron chi connectivity index (χ2n) is 2.49. The lowest BCUT2D eigenvalue weighted by Gasteiger charge is -2.00. The third-order valence-electron chi connectivity index (χ3n) is 1.72. The highest BCUT2D eigenvalue weighted by molar-refractivity contribution is 9.10. The van der Waals surface area contributed by atoms with Crippen LogP contribution in [0, 0.1) is 0 Å². The molecule has 3 nitrogen and oxygen atoms in total. The summed E-state index contributed by atoms with van der Waals surface area (Å²) >= 11 is 3.23. The molecule has 0 bridgehead atoms. The number of halogens is 1. The zero-order valence-corrected chi connectivity index (χ0v) is 9.54. The Hall–Kier alpha value is -0.870. The Balaban J connectivity index is 0.000000461. The van der Waals surface area contributed by atoms with Crippen molar-refractivity contribution in [3.63, 3.8) is 0 Å². The number of ether oxygens (including phenoxy) is 1. The quantitative estimate of drug-likeness (QED) is 0.728. The van der Waals surface area contributed by atoms with Gasteiger partial charge < -0.3 is 9.84 Å². The van der Waals surface area contributed by atoms with Gasteiger partial charge in [0.15, 0.2) is 0 Å². The number of carbonyl (C=O) groups excluding carboxylic acids is 1. The van der Waals surface area contributed by atoms with Crippen molar-refractivity contribution in [2.45, 2.75) is 20.1 Å². The summed E-state index contributed by atoms with van der Waals surface area (Å²) in [6.07, 6.45) is -1.11. The van der Waals surface area contributed by atoms with Crippen LogP contribution in [0.2, 0.25) is 0 Å². The van der Waals surface area contributed by atoms with E-state index in [-0.39, 0.29) is 0 Å². The molecule has 14 heavy (non-hydrogen) atoms. The van der Waals surface area contributed by atoms with Gasteiger partial charge in [-0.2, -0.15) is 0 Å². The highest BCUT2D eigenvalue weighted by atomic mass is 79.9. The summed E-state index contributed by atoms with van der Waals surface area (Å²) in [5.41, 5.74) is 0.958. The zero-order chi connectivity index (χ0) is 10.7. The molecule has 1 aliphatic heterocycles. The van der Waals surface area contributed by atoms with Gasteiger partial charge in [-0.3, -0.25) is 0 Å². The minimum Gasteiger partial charge on any atom is -0.428 e. The monoisotopic (exact) mass is 258 g/mol. The molecule has 1 aromatic rings. The zero-order valence-electron chi connectivity index (χ0n) is 7.95. The first-order chi connectivity index (χ1) is 6.68. The molecule has 0 saturated carbocycles. The molecule has 1 heterocycles. The van der Waals surface area contributed by atoms with E-state index in [4.69, 9.17) is 0 Å². The van der Waals surface area contributed by atoms with Crippen LogP contribution in [0.25, 0.3) is 0 Å². The van der Waals surface area contributed by atoms with Gasteiger partial charge in [0.05, 0.1) is 5.56 Å². The maximum absolute atomic E-state index is 11.0. The number of cyclic esters (lactones) is 1. The minimum atomic E-state index is -1.11. The summed E-state index contributed by atoms with van der Waals surface area (Å²) in [6, 6.07) is 5.03. The molecule has 0 aromatic heterocycles. The number of hydrogen-bond donors (Lipinski definition) is 1. The smallest absolute Gasteiger partial charge is 0.341 e. The first-order valence-corrected chi connectivity index (χ1v) is 5.16. The van der Waals surface area contributed by atoms with Crippen molar-refractivity contribution in [2.75, 3.05) is 0 Å². The van der Waals surface area contributed by atoms with E-state index in [1.54, 1.807) is 18.2 Å². The lowest BCUT2D eigenvalue weighted by molar-refractivity contribution is -0.0548. The summed E-state index contributed by atoms with van der Waals surface area (Å²) in [7, 11) is 0. The van der Waals surface area contributed by atoms with Crippen LogP contribution in [0.4, 0.5) is 0 Å². The second-order valence-corrected chi connectivity index (χ2v) is 3.40. The van der Waals surface area contributed by atoms with E-state index < -0.39 is 12.3 Å². The van der Waals surface area contributed by atoms with E-state index in [0.29, 0.717) is 11.1 Å². The maximum Gasteiger partial charge on any atom is 0.341 e. The maximum atomic E-state index is 11.0. The van der Waals surface area contributed by atoms with Crippen molar-refractivity contribution in [1.82, 2.24) is 0 Å². The molecule has 0 radical (unpaired) electrons. The van der Waals surface area contributed by atoms with E-state index >= 15 is 0 Å². The Kier molecular flexibility index (Phi) is 3.66. The molecule has 0 saturated heterocycles. The highest BCUT2D eigenvalue weighted by Gasteiger charge is 2.28. The summed E-state index contributed by atoms with van der Waals surface area (Å²) in [5.74, 6) is -0.468. The van der Waals surface area contributed by atoms with Gasteiger partial charge in [0.2, 0.25) is 6.29 Å². The van der Waals surface area contributed by atoms with Crippen molar-refractivity contribution < 1.29 is 14.6 Å². The molecule has 2 rings (SSSR count). The van der Waals surface area contributed by atoms with Gasteiger partial charge in [-0.25, -0.2) is 4.79 Å². The number of aliphatic hydroxyl groups excluding tert-OH is 1. The molecule has 1 unspecified atom stereocenters. The van der Waals surface area contributed by atoms with Crippen LogP contribution < -0.4 is 0 Å². The molecular formula is C10H11BrO3. The van der Waals surface area contributed by atoms with Gasteiger partial charge in [0.25, 0.3) is 0 Å². The fourth-order valence-electron chi connectivity index (χ4n) is 1.15. The van der Waals surface area contributed by atoms with E-state index in [2.05, 4.69) is 20.7 Å². The topological polar surface area (TPSA) is 46.5 Å². The molecular weight excluding hydrogens is 248 g/mol. The van der Waals surface area contributed by atoms with E-state index in [1.165, 1.54) is 0 Å². The van der Waals surface area contributed by atoms with Gasteiger partial charge in [0, 0.05) is 10.0 Å². The Labute approximate surface area is 90.8 Å². The molecule has 0 fully saturated rings. The fraction of sp³-hybridized carbons (Fsp3) is 0.300. The van der Waals surface area contributed by atoms with Gasteiger partial charge in [-0.15, -0.1) is 0 Å². The van der Waals surface area contributed by atoms with E-state index in [0.717, 1.165) is 4.47 Å². The Bertz CT molecular complexity index is 349. The second kappa shape index (κ2) is 4.57. The Morgan fingerprint density at radius 3 is 2.71 bits per heavy atom. The lowest BCUT2D eigenvalue weighted by Crippen LogP contribution is -1.95. The van der Waals surface area contributed by atoms with Crippen molar-refractivity contribution in [3.05, 3.63) is 33.8 Å². The van der Waals surface area contributed by atoms with E-state index in [9.17, 15) is 9.90 Å². The summed E-state index contributed by atoms with van der Waals surface area (Å²) in [5, 5.41) is 9.21. The van der Waals surface area contributed by atoms with Crippen LogP contribution in [0.5, 0.6) is 0 Å². The minimum absolute atomic E-state index is 0.436. The van der Waals surface area contributed by atoms with Crippen molar-refractivity contribution in [1.29, 1.82) is 0 Å². The van der Waals surface area contributed by atoms with Gasteiger partial charge in [-0.05, 0) is 18.2 Å². The van der Waals surface area contributed by atoms with Crippen LogP contribution in [-0.2, 0) is 4.74 Å². The van der Waals surface area contributed by atoms with Crippen molar-refractivity contribution >= 4 is 21.9 Å².